The van der Waals surface area contributed by atoms with Crippen molar-refractivity contribution in [3.05, 3.63) is 33.5 Å². The van der Waals surface area contributed by atoms with Crippen molar-refractivity contribution in [2.24, 2.45) is 0 Å². The maximum atomic E-state index is 12.3. The van der Waals surface area contributed by atoms with E-state index >= 15 is 0 Å². The first-order chi connectivity index (χ1) is 11.7. The lowest BCUT2D eigenvalue weighted by Gasteiger charge is -2.23. The van der Waals surface area contributed by atoms with Crippen molar-refractivity contribution in [1.29, 1.82) is 0 Å². The Morgan fingerprint density at radius 1 is 1.54 bits per heavy atom. The third-order valence-corrected chi connectivity index (χ3v) is 5.75. The number of piperidine rings is 1. The van der Waals surface area contributed by atoms with Gasteiger partial charge in [0.15, 0.2) is 0 Å². The molecule has 0 aliphatic carbocycles. The molecule has 0 saturated carbocycles. The zero-order chi connectivity index (χ0) is 16.9. The van der Waals surface area contributed by atoms with Gasteiger partial charge in [-0.05, 0) is 38.8 Å². The Morgan fingerprint density at radius 3 is 3.12 bits per heavy atom. The van der Waals surface area contributed by atoms with E-state index in [9.17, 15) is 4.79 Å². The molecule has 0 aromatic carbocycles. The van der Waals surface area contributed by atoms with Crippen LogP contribution in [0.3, 0.4) is 0 Å². The second kappa shape index (κ2) is 7.90. The highest BCUT2D eigenvalue weighted by atomic mass is 32.1. The molecule has 7 heteroatoms. The monoisotopic (exact) mass is 347 g/mol. The Hall–Kier alpha value is -1.73. The predicted octanol–water partition coefficient (Wildman–Crippen LogP) is 1.99. The maximum absolute atomic E-state index is 12.3. The van der Waals surface area contributed by atoms with Crippen molar-refractivity contribution in [3.8, 4) is 0 Å². The van der Waals surface area contributed by atoms with Crippen LogP contribution in [0.1, 0.15) is 47.0 Å². The molecule has 6 nitrogen and oxygen atoms in total. The number of thiazole rings is 1. The minimum absolute atomic E-state index is 0.00503. The minimum atomic E-state index is -0.00503. The van der Waals surface area contributed by atoms with Crippen molar-refractivity contribution in [1.82, 2.24) is 25.4 Å². The van der Waals surface area contributed by atoms with Crippen LogP contribution in [-0.4, -0.2) is 33.8 Å². The van der Waals surface area contributed by atoms with Crippen molar-refractivity contribution < 1.29 is 4.79 Å². The Balaban J connectivity index is 1.57. The van der Waals surface area contributed by atoms with E-state index in [1.807, 2.05) is 17.7 Å². The first kappa shape index (κ1) is 17.1. The molecule has 2 aromatic heterocycles. The van der Waals surface area contributed by atoms with Crippen LogP contribution in [0.15, 0.2) is 12.3 Å². The van der Waals surface area contributed by atoms with Crippen LogP contribution in [0.5, 0.6) is 0 Å². The number of hydrogen-bond acceptors (Lipinski definition) is 5. The number of nitrogens with one attached hydrogen (secondary N) is 2. The Kier molecular flexibility index (Phi) is 5.63. The molecule has 130 valence electrons. The molecule has 0 bridgehead atoms. The average Bonchev–Trinajstić information content (AvgIpc) is 3.20. The van der Waals surface area contributed by atoms with Crippen molar-refractivity contribution in [2.45, 2.75) is 52.1 Å². The van der Waals surface area contributed by atoms with Gasteiger partial charge in [-0.25, -0.2) is 4.98 Å². The molecule has 1 saturated heterocycles. The Bertz CT molecular complexity index is 687. The molecule has 1 atom stereocenters. The summed E-state index contributed by atoms with van der Waals surface area (Å²) >= 11 is 1.68. The van der Waals surface area contributed by atoms with Crippen LogP contribution in [0.25, 0.3) is 0 Å². The summed E-state index contributed by atoms with van der Waals surface area (Å²) in [7, 11) is 0. The van der Waals surface area contributed by atoms with Gasteiger partial charge in [0.25, 0.3) is 0 Å². The predicted molar refractivity (Wildman–Crippen MR) is 95.1 cm³/mol. The van der Waals surface area contributed by atoms with E-state index < -0.39 is 0 Å². The van der Waals surface area contributed by atoms with Crippen LogP contribution in [0.4, 0.5) is 0 Å². The van der Waals surface area contributed by atoms with Crippen LogP contribution in [0, 0.1) is 6.92 Å². The lowest BCUT2D eigenvalue weighted by molar-refractivity contribution is -0.122. The summed E-state index contributed by atoms with van der Waals surface area (Å²) in [6, 6.07) is 2.03. The molecule has 24 heavy (non-hydrogen) atoms. The summed E-state index contributed by atoms with van der Waals surface area (Å²) in [5.74, 6) is 0.444. The minimum Gasteiger partial charge on any atom is -0.350 e. The second-order valence-electron chi connectivity index (χ2n) is 6.20. The third kappa shape index (κ3) is 4.02. The molecule has 1 aliphatic rings. The van der Waals surface area contributed by atoms with Gasteiger partial charge in [-0.2, -0.15) is 5.10 Å². The van der Waals surface area contributed by atoms with Crippen LogP contribution in [0.2, 0.25) is 0 Å². The summed E-state index contributed by atoms with van der Waals surface area (Å²) in [5.41, 5.74) is 2.17. The highest BCUT2D eigenvalue weighted by Crippen LogP contribution is 2.22. The van der Waals surface area contributed by atoms with Gasteiger partial charge < -0.3 is 10.6 Å². The molecule has 2 N–H and O–H groups in total. The van der Waals surface area contributed by atoms with Gasteiger partial charge in [0, 0.05) is 29.2 Å². The van der Waals surface area contributed by atoms with E-state index in [2.05, 4.69) is 27.6 Å². The lowest BCUT2D eigenvalue weighted by atomic mass is 9.96. The Labute approximate surface area is 146 Å². The summed E-state index contributed by atoms with van der Waals surface area (Å²) in [6.07, 6.45) is 5.05. The highest BCUT2D eigenvalue weighted by molar-refractivity contribution is 7.11. The summed E-state index contributed by atoms with van der Waals surface area (Å²) in [6.45, 7) is 6.96. The SMILES string of the molecule is CCc1nc(C)c(CNC(=O)Cn2nccc2[C@@H]2CCCNC2)s1. The maximum Gasteiger partial charge on any atom is 0.242 e. The first-order valence-corrected chi connectivity index (χ1v) is 9.43. The number of aromatic nitrogens is 3. The van der Waals surface area contributed by atoms with Gasteiger partial charge in [0.05, 0.1) is 17.2 Å². The van der Waals surface area contributed by atoms with Crippen LogP contribution >= 0.6 is 11.3 Å². The summed E-state index contributed by atoms with van der Waals surface area (Å²) in [5, 5.41) is 11.9. The smallest absolute Gasteiger partial charge is 0.242 e. The van der Waals surface area contributed by atoms with Gasteiger partial charge in [-0.15, -0.1) is 11.3 Å². The number of aryl methyl sites for hydroxylation is 2. The van der Waals surface area contributed by atoms with Crippen molar-refractivity contribution in [2.75, 3.05) is 13.1 Å². The highest BCUT2D eigenvalue weighted by Gasteiger charge is 2.20. The van der Waals surface area contributed by atoms with Crippen molar-refractivity contribution >= 4 is 17.2 Å². The number of carbonyl (C=O) groups excluding carboxylic acids is 1. The number of nitrogens with zero attached hydrogens (tertiary/aromatic N) is 3. The molecule has 3 heterocycles. The third-order valence-electron chi connectivity index (χ3n) is 4.44. The van der Waals surface area contributed by atoms with Gasteiger partial charge >= 0.3 is 0 Å². The molecule has 1 fully saturated rings. The van der Waals surface area contributed by atoms with E-state index in [0.29, 0.717) is 12.5 Å². The molecular formula is C17H25N5OS. The molecule has 1 aliphatic heterocycles. The van der Waals surface area contributed by atoms with Crippen molar-refractivity contribution in [3.63, 3.8) is 0 Å². The zero-order valence-corrected chi connectivity index (χ0v) is 15.2. The average molecular weight is 347 g/mol. The van der Waals surface area contributed by atoms with Crippen LogP contribution in [-0.2, 0) is 24.3 Å². The van der Waals surface area contributed by atoms with E-state index in [-0.39, 0.29) is 12.5 Å². The quantitative estimate of drug-likeness (QED) is 0.838. The Morgan fingerprint density at radius 2 is 2.42 bits per heavy atom. The van der Waals surface area contributed by atoms with E-state index in [0.717, 1.165) is 47.2 Å². The topological polar surface area (TPSA) is 71.8 Å². The van der Waals surface area contributed by atoms with Gasteiger partial charge in [0.2, 0.25) is 5.91 Å². The first-order valence-electron chi connectivity index (χ1n) is 8.61. The van der Waals surface area contributed by atoms with E-state index in [1.165, 1.54) is 6.42 Å². The van der Waals surface area contributed by atoms with E-state index in [1.54, 1.807) is 17.5 Å². The summed E-state index contributed by atoms with van der Waals surface area (Å²) in [4.78, 5) is 17.9. The molecule has 2 aromatic rings. The fourth-order valence-corrected chi connectivity index (χ4v) is 4.05. The fraction of sp³-hybridized carbons (Fsp3) is 0.588. The molecular weight excluding hydrogens is 322 g/mol. The van der Waals surface area contributed by atoms with Gasteiger partial charge in [-0.3, -0.25) is 9.48 Å². The fourth-order valence-electron chi connectivity index (χ4n) is 3.10. The molecule has 3 rings (SSSR count). The normalized spacial score (nSPS) is 17.8. The lowest BCUT2D eigenvalue weighted by Crippen LogP contribution is -2.32. The second-order valence-corrected chi connectivity index (χ2v) is 7.37. The molecule has 0 radical (unpaired) electrons. The number of hydrogen-bond donors (Lipinski definition) is 2. The number of carbonyl (C=O) groups is 1. The van der Waals surface area contributed by atoms with Crippen LogP contribution < -0.4 is 10.6 Å². The molecule has 1 amide bonds. The number of rotatable bonds is 6. The zero-order valence-electron chi connectivity index (χ0n) is 14.3. The van der Waals surface area contributed by atoms with E-state index in [4.69, 9.17) is 0 Å². The standard InChI is InChI=1S/C17H25N5OS/c1-3-17-21-12(2)15(24-17)10-19-16(23)11-22-14(6-8-20-22)13-5-4-7-18-9-13/h6,8,13,18H,3-5,7,9-11H2,1-2H3,(H,19,23)/t13-/m1/s1. The van der Waals surface area contributed by atoms with Gasteiger partial charge in [-0.1, -0.05) is 6.92 Å². The molecule has 0 unspecified atom stereocenters. The summed E-state index contributed by atoms with van der Waals surface area (Å²) < 4.78 is 1.84. The van der Waals surface area contributed by atoms with Gasteiger partial charge in [0.1, 0.15) is 6.54 Å². The molecule has 0 spiro atoms. The number of amides is 1. The largest absolute Gasteiger partial charge is 0.350 e.